The monoisotopic (exact) mass is 286 g/mol. The lowest BCUT2D eigenvalue weighted by Crippen LogP contribution is -2.32. The van der Waals surface area contributed by atoms with Gasteiger partial charge in [0, 0.05) is 6.54 Å². The van der Waals surface area contributed by atoms with Crippen molar-refractivity contribution in [2.45, 2.75) is 57.7 Å². The van der Waals surface area contributed by atoms with E-state index in [1.165, 1.54) is 24.8 Å². The number of hydrogen-bond acceptors (Lipinski definition) is 2. The standard InChI is InChI=1S/C18H26N2O/c1-2-7-16-18(21)20(13-6-8-14-11-12-14)17(19-16)15-9-4-3-5-10-15/h3-5,9-10,14,16-17,19H,2,6-8,11-13H2,1H3. The van der Waals surface area contributed by atoms with Crippen LogP contribution in [0.5, 0.6) is 0 Å². The van der Waals surface area contributed by atoms with Crippen molar-refractivity contribution in [1.29, 1.82) is 0 Å². The molecule has 21 heavy (non-hydrogen) atoms. The largest absolute Gasteiger partial charge is 0.322 e. The Balaban J connectivity index is 1.69. The van der Waals surface area contributed by atoms with Gasteiger partial charge in [0.15, 0.2) is 0 Å². The van der Waals surface area contributed by atoms with Crippen LogP contribution in [0.15, 0.2) is 30.3 Å². The van der Waals surface area contributed by atoms with Crippen LogP contribution in [0.1, 0.15) is 57.2 Å². The van der Waals surface area contributed by atoms with Crippen molar-refractivity contribution >= 4 is 5.91 Å². The van der Waals surface area contributed by atoms with Gasteiger partial charge in [0.1, 0.15) is 6.17 Å². The molecule has 0 aromatic heterocycles. The maximum Gasteiger partial charge on any atom is 0.241 e. The Morgan fingerprint density at radius 3 is 2.62 bits per heavy atom. The van der Waals surface area contributed by atoms with Crippen LogP contribution in [0.3, 0.4) is 0 Å². The fraction of sp³-hybridized carbons (Fsp3) is 0.611. The zero-order valence-electron chi connectivity index (χ0n) is 12.9. The van der Waals surface area contributed by atoms with Crippen molar-refractivity contribution in [3.63, 3.8) is 0 Å². The second-order valence-electron chi connectivity index (χ2n) is 6.44. The molecule has 3 nitrogen and oxygen atoms in total. The quantitative estimate of drug-likeness (QED) is 0.832. The highest BCUT2D eigenvalue weighted by atomic mass is 16.2. The second-order valence-corrected chi connectivity index (χ2v) is 6.44. The van der Waals surface area contributed by atoms with Gasteiger partial charge in [-0.25, -0.2) is 0 Å². The SMILES string of the molecule is CCCC1NC(c2ccccc2)N(CCCC2CC2)C1=O. The molecule has 1 saturated carbocycles. The minimum atomic E-state index is 0.00105. The van der Waals surface area contributed by atoms with Gasteiger partial charge < -0.3 is 4.90 Å². The minimum absolute atomic E-state index is 0.00105. The van der Waals surface area contributed by atoms with E-state index in [0.29, 0.717) is 5.91 Å². The van der Waals surface area contributed by atoms with Gasteiger partial charge in [-0.3, -0.25) is 10.1 Å². The lowest BCUT2D eigenvalue weighted by Gasteiger charge is -2.24. The zero-order valence-corrected chi connectivity index (χ0v) is 12.9. The van der Waals surface area contributed by atoms with E-state index in [-0.39, 0.29) is 12.2 Å². The van der Waals surface area contributed by atoms with E-state index >= 15 is 0 Å². The van der Waals surface area contributed by atoms with Crippen molar-refractivity contribution < 1.29 is 4.79 Å². The van der Waals surface area contributed by atoms with Gasteiger partial charge in [0.05, 0.1) is 6.04 Å². The Morgan fingerprint density at radius 1 is 1.19 bits per heavy atom. The fourth-order valence-electron chi connectivity index (χ4n) is 3.28. The predicted molar refractivity (Wildman–Crippen MR) is 84.7 cm³/mol. The van der Waals surface area contributed by atoms with Crippen LogP contribution in [0, 0.1) is 5.92 Å². The number of hydrogen-bond donors (Lipinski definition) is 1. The summed E-state index contributed by atoms with van der Waals surface area (Å²) in [6.07, 6.45) is 7.25. The van der Waals surface area contributed by atoms with E-state index in [2.05, 4.69) is 41.4 Å². The first-order valence-electron chi connectivity index (χ1n) is 8.41. The van der Waals surface area contributed by atoms with Crippen molar-refractivity contribution in [3.05, 3.63) is 35.9 Å². The first-order chi connectivity index (χ1) is 10.3. The smallest absolute Gasteiger partial charge is 0.241 e. The summed E-state index contributed by atoms with van der Waals surface area (Å²) in [5.74, 6) is 1.23. The third-order valence-corrected chi connectivity index (χ3v) is 4.65. The molecule has 1 amide bonds. The molecule has 114 valence electrons. The maximum absolute atomic E-state index is 12.6. The highest BCUT2D eigenvalue weighted by molar-refractivity contribution is 5.84. The molecule has 3 heteroatoms. The van der Waals surface area contributed by atoms with E-state index in [9.17, 15) is 4.79 Å². The van der Waals surface area contributed by atoms with Crippen molar-refractivity contribution in [2.75, 3.05) is 6.54 Å². The van der Waals surface area contributed by atoms with Crippen molar-refractivity contribution in [1.82, 2.24) is 10.2 Å². The molecule has 1 aromatic carbocycles. The molecule has 2 unspecified atom stereocenters. The van der Waals surface area contributed by atoms with Gasteiger partial charge in [0.25, 0.3) is 0 Å². The molecular formula is C18H26N2O. The summed E-state index contributed by atoms with van der Waals surface area (Å²) < 4.78 is 0. The third kappa shape index (κ3) is 3.46. The topological polar surface area (TPSA) is 32.3 Å². The van der Waals surface area contributed by atoms with E-state index in [4.69, 9.17) is 0 Å². The number of nitrogens with zero attached hydrogens (tertiary/aromatic N) is 1. The first kappa shape index (κ1) is 14.6. The van der Waals surface area contributed by atoms with Crippen LogP contribution < -0.4 is 5.32 Å². The Morgan fingerprint density at radius 2 is 1.95 bits per heavy atom. The van der Waals surface area contributed by atoms with Gasteiger partial charge in [0.2, 0.25) is 5.91 Å². The van der Waals surface area contributed by atoms with Gasteiger partial charge in [-0.15, -0.1) is 0 Å². The normalized spacial score (nSPS) is 25.6. The van der Waals surface area contributed by atoms with Crippen LogP contribution in [0.4, 0.5) is 0 Å². The molecule has 0 spiro atoms. The average Bonchev–Trinajstić information content (AvgIpc) is 3.28. The Kier molecular flexibility index (Phi) is 4.59. The van der Waals surface area contributed by atoms with Crippen LogP contribution in [-0.4, -0.2) is 23.4 Å². The van der Waals surface area contributed by atoms with E-state index < -0.39 is 0 Å². The molecule has 1 aliphatic carbocycles. The highest BCUT2D eigenvalue weighted by Crippen LogP contribution is 2.34. The summed E-state index contributed by atoms with van der Waals surface area (Å²) in [6.45, 7) is 3.03. The zero-order chi connectivity index (χ0) is 14.7. The summed E-state index contributed by atoms with van der Waals surface area (Å²) >= 11 is 0. The number of carbonyl (C=O) groups excluding carboxylic acids is 1. The number of nitrogens with one attached hydrogen (secondary N) is 1. The summed E-state index contributed by atoms with van der Waals surface area (Å²) in [5, 5.41) is 3.54. The van der Waals surface area contributed by atoms with Crippen LogP contribution in [-0.2, 0) is 4.79 Å². The highest BCUT2D eigenvalue weighted by Gasteiger charge is 2.38. The van der Waals surface area contributed by atoms with Crippen molar-refractivity contribution in [2.24, 2.45) is 5.92 Å². The van der Waals surface area contributed by atoms with Crippen LogP contribution >= 0.6 is 0 Å². The maximum atomic E-state index is 12.6. The molecule has 2 aliphatic rings. The number of rotatable bonds is 7. The molecular weight excluding hydrogens is 260 g/mol. The summed E-state index contributed by atoms with van der Waals surface area (Å²) in [5.41, 5.74) is 1.20. The Hall–Kier alpha value is -1.35. The Labute approximate surface area is 127 Å². The molecule has 3 rings (SSSR count). The molecule has 0 bridgehead atoms. The van der Waals surface area contributed by atoms with Gasteiger partial charge in [-0.1, -0.05) is 56.5 Å². The van der Waals surface area contributed by atoms with E-state index in [0.717, 1.165) is 31.7 Å². The van der Waals surface area contributed by atoms with E-state index in [1.807, 2.05) is 6.07 Å². The molecule has 1 N–H and O–H groups in total. The van der Waals surface area contributed by atoms with Gasteiger partial charge >= 0.3 is 0 Å². The first-order valence-corrected chi connectivity index (χ1v) is 8.41. The second kappa shape index (κ2) is 6.61. The molecule has 2 fully saturated rings. The minimum Gasteiger partial charge on any atom is -0.322 e. The van der Waals surface area contributed by atoms with Crippen LogP contribution in [0.25, 0.3) is 0 Å². The molecule has 1 saturated heterocycles. The number of benzene rings is 1. The Bertz CT molecular complexity index is 469. The van der Waals surface area contributed by atoms with Gasteiger partial charge in [-0.2, -0.15) is 0 Å². The van der Waals surface area contributed by atoms with Crippen molar-refractivity contribution in [3.8, 4) is 0 Å². The molecule has 1 aliphatic heterocycles. The molecule has 1 heterocycles. The molecule has 0 radical (unpaired) electrons. The predicted octanol–water partition coefficient (Wildman–Crippen LogP) is 3.48. The number of amides is 1. The summed E-state index contributed by atoms with van der Waals surface area (Å²) in [4.78, 5) is 14.7. The summed E-state index contributed by atoms with van der Waals surface area (Å²) in [6, 6.07) is 10.4. The lowest BCUT2D eigenvalue weighted by molar-refractivity contribution is -0.130. The number of carbonyl (C=O) groups is 1. The lowest BCUT2D eigenvalue weighted by atomic mass is 10.1. The third-order valence-electron chi connectivity index (χ3n) is 4.65. The molecule has 2 atom stereocenters. The fourth-order valence-corrected chi connectivity index (χ4v) is 3.28. The van der Waals surface area contributed by atoms with Gasteiger partial charge in [-0.05, 0) is 30.7 Å². The molecule has 1 aromatic rings. The summed E-state index contributed by atoms with van der Waals surface area (Å²) in [7, 11) is 0. The van der Waals surface area contributed by atoms with E-state index in [1.54, 1.807) is 0 Å². The average molecular weight is 286 g/mol. The van der Waals surface area contributed by atoms with Crippen LogP contribution in [0.2, 0.25) is 0 Å².